The molecule has 0 aliphatic heterocycles. The molecular weight excluding hydrogens is 657 g/mol. The van der Waals surface area contributed by atoms with Gasteiger partial charge in [0, 0.05) is 43.7 Å². The minimum atomic E-state index is 0.898. The molecule has 0 aliphatic carbocycles. The largest absolute Gasteiger partial charge is 0.456 e. The summed E-state index contributed by atoms with van der Waals surface area (Å²) in [6.45, 7) is 6.17. The lowest BCUT2D eigenvalue weighted by atomic mass is 9.98. The Balaban J connectivity index is 0.00000178. The zero-order valence-electron chi connectivity index (χ0n) is 30.5. The third-order valence-corrected chi connectivity index (χ3v) is 10.8. The number of para-hydroxylation sites is 3. The highest BCUT2D eigenvalue weighted by atomic mass is 16.3. The van der Waals surface area contributed by atoms with Gasteiger partial charge in [0.15, 0.2) is 0 Å². The predicted molar refractivity (Wildman–Crippen MR) is 229 cm³/mol. The molecule has 0 amide bonds. The van der Waals surface area contributed by atoms with Crippen LogP contribution in [0.15, 0.2) is 180 Å². The molecule has 0 saturated carbocycles. The fourth-order valence-electron chi connectivity index (χ4n) is 8.32. The second-order valence-corrected chi connectivity index (χ2v) is 13.9. The van der Waals surface area contributed by atoms with Crippen LogP contribution in [0, 0.1) is 6.92 Å². The molecule has 0 radical (unpaired) electrons. The van der Waals surface area contributed by atoms with E-state index >= 15 is 0 Å². The molecule has 8 aromatic carbocycles. The van der Waals surface area contributed by atoms with E-state index in [0.29, 0.717) is 0 Å². The van der Waals surface area contributed by atoms with Crippen molar-refractivity contribution in [3.63, 3.8) is 0 Å². The number of aromatic nitrogens is 2. The van der Waals surface area contributed by atoms with Gasteiger partial charge in [0.1, 0.15) is 11.2 Å². The van der Waals surface area contributed by atoms with E-state index in [1.165, 1.54) is 82.8 Å². The lowest BCUT2D eigenvalue weighted by molar-refractivity contribution is 0.669. The van der Waals surface area contributed by atoms with Gasteiger partial charge in [-0.3, -0.25) is 0 Å². The zero-order valence-corrected chi connectivity index (χ0v) is 30.5. The summed E-state index contributed by atoms with van der Waals surface area (Å²) >= 11 is 0. The number of nitrogens with zero attached hydrogens (tertiary/aromatic N) is 2. The molecule has 0 fully saturated rings. The van der Waals surface area contributed by atoms with E-state index in [-0.39, 0.29) is 0 Å². The molecule has 3 heteroatoms. The molecule has 258 valence electrons. The van der Waals surface area contributed by atoms with Gasteiger partial charge in [0.05, 0.1) is 22.1 Å². The van der Waals surface area contributed by atoms with Gasteiger partial charge >= 0.3 is 0 Å². The van der Waals surface area contributed by atoms with Crippen molar-refractivity contribution in [2.75, 3.05) is 0 Å². The predicted octanol–water partition coefficient (Wildman–Crippen LogP) is 14.4. The maximum atomic E-state index is 6.40. The summed E-state index contributed by atoms with van der Waals surface area (Å²) < 4.78 is 11.1. The van der Waals surface area contributed by atoms with E-state index in [2.05, 4.69) is 192 Å². The summed E-state index contributed by atoms with van der Waals surface area (Å²) in [4.78, 5) is 0. The number of hydrogen-bond donors (Lipinski definition) is 0. The normalized spacial score (nSPS) is 11.6. The molecule has 3 nitrogen and oxygen atoms in total. The highest BCUT2D eigenvalue weighted by Gasteiger charge is 2.17. The van der Waals surface area contributed by atoms with E-state index in [1.807, 2.05) is 13.8 Å². The van der Waals surface area contributed by atoms with Gasteiger partial charge in [-0.2, -0.15) is 0 Å². The fraction of sp³-hybridized carbons (Fsp3) is 0.0588. The molecule has 0 aliphatic rings. The molecule has 11 aromatic rings. The van der Waals surface area contributed by atoms with E-state index in [4.69, 9.17) is 4.42 Å². The van der Waals surface area contributed by atoms with Crippen LogP contribution in [0.2, 0.25) is 0 Å². The van der Waals surface area contributed by atoms with Crippen molar-refractivity contribution < 1.29 is 4.42 Å². The van der Waals surface area contributed by atoms with Crippen molar-refractivity contribution >= 4 is 65.6 Å². The topological polar surface area (TPSA) is 23.0 Å². The average molecular weight is 695 g/mol. The molecule has 11 rings (SSSR count). The summed E-state index contributed by atoms with van der Waals surface area (Å²) in [6.07, 6.45) is 0. The zero-order chi connectivity index (χ0) is 36.3. The first kappa shape index (κ1) is 31.9. The second-order valence-electron chi connectivity index (χ2n) is 13.9. The van der Waals surface area contributed by atoms with Crippen LogP contribution in [-0.2, 0) is 0 Å². The van der Waals surface area contributed by atoms with Gasteiger partial charge in [0.2, 0.25) is 0 Å². The van der Waals surface area contributed by atoms with Gasteiger partial charge in [-0.25, -0.2) is 0 Å². The highest BCUT2D eigenvalue weighted by Crippen LogP contribution is 2.40. The molecule has 54 heavy (non-hydrogen) atoms. The highest BCUT2D eigenvalue weighted by molar-refractivity contribution is 6.13. The number of benzene rings is 8. The van der Waals surface area contributed by atoms with E-state index < -0.39 is 0 Å². The van der Waals surface area contributed by atoms with Crippen LogP contribution in [0.5, 0.6) is 0 Å². The van der Waals surface area contributed by atoms with Crippen molar-refractivity contribution in [3.05, 3.63) is 181 Å². The van der Waals surface area contributed by atoms with Crippen molar-refractivity contribution in [2.45, 2.75) is 20.8 Å². The van der Waals surface area contributed by atoms with Crippen LogP contribution in [0.3, 0.4) is 0 Å². The third-order valence-electron chi connectivity index (χ3n) is 10.8. The van der Waals surface area contributed by atoms with Crippen molar-refractivity contribution in [2.24, 2.45) is 0 Å². The lowest BCUT2D eigenvalue weighted by Crippen LogP contribution is -1.93. The van der Waals surface area contributed by atoms with Crippen molar-refractivity contribution in [1.29, 1.82) is 0 Å². The monoisotopic (exact) mass is 694 g/mol. The molecule has 0 bridgehead atoms. The SMILES string of the molecule is CC.Cc1ccc2c(c1)c1cc(-c3ccc4oc5ccc(-c6ccc7c(c6)c6ccccc6n7-c6ccccc6)cc5c4c3)ccc1n2-c1ccccc1. The van der Waals surface area contributed by atoms with Crippen LogP contribution in [0.4, 0.5) is 0 Å². The number of aryl methyl sites for hydroxylation is 1. The summed E-state index contributed by atoms with van der Waals surface area (Å²) in [5.41, 5.74) is 14.9. The maximum Gasteiger partial charge on any atom is 0.135 e. The number of furan rings is 1. The van der Waals surface area contributed by atoms with Crippen LogP contribution in [-0.4, -0.2) is 9.13 Å². The van der Waals surface area contributed by atoms with Gasteiger partial charge < -0.3 is 13.6 Å². The number of fused-ring (bicyclic) bond motifs is 9. The Labute approximate surface area is 313 Å². The van der Waals surface area contributed by atoms with E-state index in [0.717, 1.165) is 21.9 Å². The Morgan fingerprint density at radius 2 is 0.722 bits per heavy atom. The smallest absolute Gasteiger partial charge is 0.135 e. The Bertz CT molecular complexity index is 3180. The van der Waals surface area contributed by atoms with Gasteiger partial charge in [0.25, 0.3) is 0 Å². The maximum absolute atomic E-state index is 6.40. The first-order valence-corrected chi connectivity index (χ1v) is 18.8. The van der Waals surface area contributed by atoms with Crippen molar-refractivity contribution in [3.8, 4) is 33.6 Å². The Kier molecular flexibility index (Phi) is 7.48. The molecular formula is C51H38N2O. The van der Waals surface area contributed by atoms with Crippen LogP contribution < -0.4 is 0 Å². The van der Waals surface area contributed by atoms with Gasteiger partial charge in [-0.05, 0) is 120 Å². The molecule has 0 atom stereocenters. The summed E-state index contributed by atoms with van der Waals surface area (Å²) in [5.74, 6) is 0. The van der Waals surface area contributed by atoms with Gasteiger partial charge in [-0.1, -0.05) is 104 Å². The Morgan fingerprint density at radius 1 is 0.333 bits per heavy atom. The van der Waals surface area contributed by atoms with Crippen LogP contribution in [0.1, 0.15) is 19.4 Å². The average Bonchev–Trinajstić information content (AvgIpc) is 3.88. The Morgan fingerprint density at radius 3 is 1.26 bits per heavy atom. The molecule has 3 aromatic heterocycles. The second kappa shape index (κ2) is 12.7. The summed E-state index contributed by atoms with van der Waals surface area (Å²) in [5, 5.41) is 7.27. The minimum absolute atomic E-state index is 0.898. The third kappa shape index (κ3) is 4.97. The molecule has 0 unspecified atom stereocenters. The molecule has 0 saturated heterocycles. The summed E-state index contributed by atoms with van der Waals surface area (Å²) in [7, 11) is 0. The number of hydrogen-bond acceptors (Lipinski definition) is 1. The number of rotatable bonds is 4. The lowest BCUT2D eigenvalue weighted by Gasteiger charge is -2.08. The summed E-state index contributed by atoms with van der Waals surface area (Å²) in [6, 6.07) is 63.6. The minimum Gasteiger partial charge on any atom is -0.456 e. The quantitative estimate of drug-likeness (QED) is 0.180. The molecule has 0 N–H and O–H groups in total. The Hall–Kier alpha value is -6.84. The molecule has 0 spiro atoms. The van der Waals surface area contributed by atoms with Gasteiger partial charge in [-0.15, -0.1) is 0 Å². The first-order valence-electron chi connectivity index (χ1n) is 18.8. The fourth-order valence-corrected chi connectivity index (χ4v) is 8.32. The first-order chi connectivity index (χ1) is 26.7. The van der Waals surface area contributed by atoms with Crippen LogP contribution >= 0.6 is 0 Å². The van der Waals surface area contributed by atoms with Crippen LogP contribution in [0.25, 0.3) is 99.2 Å². The van der Waals surface area contributed by atoms with E-state index in [9.17, 15) is 0 Å². The molecule has 3 heterocycles. The van der Waals surface area contributed by atoms with E-state index in [1.54, 1.807) is 0 Å². The van der Waals surface area contributed by atoms with Crippen molar-refractivity contribution in [1.82, 2.24) is 9.13 Å². The standard InChI is InChI=1S/C49H32N2O.C2H6/c1-31-16-21-45-39(26-31)41-28-33(18-23-47(41)51(45)37-12-6-3-7-13-37)35-20-25-49-43(30-35)42-29-34(19-24-48(42)52-49)32-17-22-46-40(27-32)38-14-8-9-15-44(38)50(46)36-10-4-2-5-11-36;1-2/h2-30H,1H3;1-2H3.